The third kappa shape index (κ3) is 3.26. The van der Waals surface area contributed by atoms with Crippen LogP contribution in [0.5, 0.6) is 0 Å². The van der Waals surface area contributed by atoms with Crippen molar-refractivity contribution in [2.24, 2.45) is 13.0 Å². The zero-order chi connectivity index (χ0) is 20.8. The van der Waals surface area contributed by atoms with Gasteiger partial charge in [-0.3, -0.25) is 19.4 Å². The lowest BCUT2D eigenvalue weighted by atomic mass is 10.0. The molecule has 30 heavy (non-hydrogen) atoms. The number of nitrogens with two attached hydrogens (primary N) is 1. The third-order valence-corrected chi connectivity index (χ3v) is 5.34. The molecule has 0 saturated heterocycles. The Bertz CT molecular complexity index is 1290. The van der Waals surface area contributed by atoms with Gasteiger partial charge in [-0.05, 0) is 48.9 Å². The van der Waals surface area contributed by atoms with Gasteiger partial charge in [-0.25, -0.2) is 4.98 Å². The topological polar surface area (TPSA) is 112 Å². The summed E-state index contributed by atoms with van der Waals surface area (Å²) in [6.45, 7) is 2.01. The van der Waals surface area contributed by atoms with Crippen LogP contribution < -0.4 is 11.1 Å². The van der Waals surface area contributed by atoms with Crippen LogP contribution in [0.2, 0.25) is 0 Å². The number of aryl methyl sites for hydroxylation is 2. The second-order valence-electron chi connectivity index (χ2n) is 7.70. The number of anilines is 2. The summed E-state index contributed by atoms with van der Waals surface area (Å²) in [6.07, 6.45) is 8.93. The molecule has 0 radical (unpaired) electrons. The number of nitrogens with one attached hydrogen (secondary N) is 1. The van der Waals surface area contributed by atoms with Gasteiger partial charge >= 0.3 is 0 Å². The van der Waals surface area contributed by atoms with Crippen molar-refractivity contribution >= 4 is 28.2 Å². The highest BCUT2D eigenvalue weighted by Gasteiger charge is 2.30. The molecule has 0 unspecified atom stereocenters. The smallest absolute Gasteiger partial charge is 0.227 e. The molecule has 1 amide bonds. The first-order chi connectivity index (χ1) is 14.5. The minimum absolute atomic E-state index is 0.0350. The summed E-state index contributed by atoms with van der Waals surface area (Å²) < 4.78 is 1.68. The number of amides is 1. The molecule has 8 heteroatoms. The van der Waals surface area contributed by atoms with Crippen LogP contribution in [-0.4, -0.2) is 30.6 Å². The van der Waals surface area contributed by atoms with Gasteiger partial charge in [0.2, 0.25) is 5.91 Å². The van der Waals surface area contributed by atoms with Gasteiger partial charge in [0, 0.05) is 48.7 Å². The largest absolute Gasteiger partial charge is 0.383 e. The SMILES string of the molecule is Cc1ccncc1-c1cc2cc(-c3nn(C)cc3NC(=O)C3CC3)ncc2c(N)n1. The third-order valence-electron chi connectivity index (χ3n) is 5.34. The van der Waals surface area contributed by atoms with Crippen molar-refractivity contribution in [2.45, 2.75) is 19.8 Å². The van der Waals surface area contributed by atoms with Crippen LogP contribution in [0.3, 0.4) is 0 Å². The number of pyridine rings is 3. The number of rotatable bonds is 4. The number of carbonyl (C=O) groups is 1. The van der Waals surface area contributed by atoms with Gasteiger partial charge < -0.3 is 11.1 Å². The highest BCUT2D eigenvalue weighted by molar-refractivity contribution is 5.99. The molecular formula is C22H21N7O. The fourth-order valence-corrected chi connectivity index (χ4v) is 3.52. The van der Waals surface area contributed by atoms with E-state index in [0.29, 0.717) is 22.9 Å². The summed E-state index contributed by atoms with van der Waals surface area (Å²) in [5.41, 5.74) is 10.9. The molecule has 0 bridgehead atoms. The molecule has 1 aliphatic carbocycles. The summed E-state index contributed by atoms with van der Waals surface area (Å²) in [6, 6.07) is 5.85. The van der Waals surface area contributed by atoms with Gasteiger partial charge in [0.25, 0.3) is 0 Å². The van der Waals surface area contributed by atoms with Gasteiger partial charge in [-0.15, -0.1) is 0 Å². The number of nitrogens with zero attached hydrogens (tertiary/aromatic N) is 5. The number of fused-ring (bicyclic) bond motifs is 1. The Labute approximate surface area is 173 Å². The number of hydrogen-bond acceptors (Lipinski definition) is 6. The van der Waals surface area contributed by atoms with E-state index in [1.807, 2.05) is 32.2 Å². The zero-order valence-electron chi connectivity index (χ0n) is 16.8. The van der Waals surface area contributed by atoms with E-state index in [4.69, 9.17) is 5.73 Å². The van der Waals surface area contributed by atoms with Gasteiger partial charge in [-0.2, -0.15) is 5.10 Å². The van der Waals surface area contributed by atoms with Gasteiger partial charge in [-0.1, -0.05) is 0 Å². The first-order valence-electron chi connectivity index (χ1n) is 9.82. The van der Waals surface area contributed by atoms with Gasteiger partial charge in [0.05, 0.1) is 17.1 Å². The zero-order valence-corrected chi connectivity index (χ0v) is 16.8. The predicted molar refractivity (Wildman–Crippen MR) is 115 cm³/mol. The van der Waals surface area contributed by atoms with Crippen molar-refractivity contribution < 1.29 is 4.79 Å². The Hall–Kier alpha value is -3.81. The molecule has 1 saturated carbocycles. The molecular weight excluding hydrogens is 378 g/mol. The molecule has 5 rings (SSSR count). The fraction of sp³-hybridized carbons (Fsp3) is 0.227. The first kappa shape index (κ1) is 18.2. The standard InChI is InChI=1S/C22H21N7O/c1-12-5-6-24-9-15(12)17-7-14-8-18(25-10-16(14)21(23)26-17)20-19(11-29(2)28-20)27-22(30)13-3-4-13/h5-11,13H,3-4H2,1-2H3,(H2,23,26)(H,27,30). The lowest BCUT2D eigenvalue weighted by Crippen LogP contribution is -2.13. The van der Waals surface area contributed by atoms with E-state index >= 15 is 0 Å². The van der Waals surface area contributed by atoms with E-state index in [1.165, 1.54) is 0 Å². The lowest BCUT2D eigenvalue weighted by Gasteiger charge is -2.09. The van der Waals surface area contributed by atoms with Crippen LogP contribution in [0.25, 0.3) is 33.4 Å². The van der Waals surface area contributed by atoms with Crippen LogP contribution in [0.15, 0.2) is 43.0 Å². The maximum Gasteiger partial charge on any atom is 0.227 e. The van der Waals surface area contributed by atoms with Crippen LogP contribution in [-0.2, 0) is 11.8 Å². The van der Waals surface area contributed by atoms with Crippen molar-refractivity contribution in [3.63, 3.8) is 0 Å². The van der Waals surface area contributed by atoms with Crippen LogP contribution in [0, 0.1) is 12.8 Å². The van der Waals surface area contributed by atoms with E-state index in [1.54, 1.807) is 29.5 Å². The Morgan fingerprint density at radius 1 is 1.23 bits per heavy atom. The molecule has 0 aromatic carbocycles. The van der Waals surface area contributed by atoms with E-state index in [2.05, 4.69) is 25.4 Å². The Balaban J connectivity index is 1.60. The summed E-state index contributed by atoms with van der Waals surface area (Å²) in [5, 5.41) is 9.17. The molecule has 4 heterocycles. The minimum Gasteiger partial charge on any atom is -0.383 e. The Morgan fingerprint density at radius 3 is 2.80 bits per heavy atom. The summed E-state index contributed by atoms with van der Waals surface area (Å²) in [7, 11) is 1.82. The van der Waals surface area contributed by atoms with E-state index in [0.717, 1.165) is 40.4 Å². The van der Waals surface area contributed by atoms with Crippen molar-refractivity contribution in [1.29, 1.82) is 0 Å². The molecule has 0 aliphatic heterocycles. The van der Waals surface area contributed by atoms with Gasteiger partial charge in [0.15, 0.2) is 0 Å². The molecule has 0 spiro atoms. The number of nitrogen functional groups attached to an aromatic ring is 1. The number of hydrogen-bond donors (Lipinski definition) is 2. The van der Waals surface area contributed by atoms with Crippen molar-refractivity contribution in [2.75, 3.05) is 11.1 Å². The highest BCUT2D eigenvalue weighted by atomic mass is 16.2. The average Bonchev–Trinajstić information content (AvgIpc) is 3.51. The second-order valence-corrected chi connectivity index (χ2v) is 7.70. The highest BCUT2D eigenvalue weighted by Crippen LogP contribution is 2.34. The van der Waals surface area contributed by atoms with Crippen LogP contribution >= 0.6 is 0 Å². The number of carbonyl (C=O) groups excluding carboxylic acids is 1. The molecule has 4 aromatic rings. The summed E-state index contributed by atoms with van der Waals surface area (Å²) in [5.74, 6) is 0.555. The second kappa shape index (κ2) is 6.91. The molecule has 8 nitrogen and oxygen atoms in total. The first-order valence-corrected chi connectivity index (χ1v) is 9.82. The molecule has 4 aromatic heterocycles. The molecule has 1 fully saturated rings. The van der Waals surface area contributed by atoms with Crippen molar-refractivity contribution in [3.8, 4) is 22.6 Å². The fourth-order valence-electron chi connectivity index (χ4n) is 3.52. The predicted octanol–water partition coefficient (Wildman–Crippen LogP) is 3.33. The molecule has 150 valence electrons. The van der Waals surface area contributed by atoms with Crippen LogP contribution in [0.4, 0.5) is 11.5 Å². The average molecular weight is 399 g/mol. The normalized spacial score (nSPS) is 13.5. The monoisotopic (exact) mass is 399 g/mol. The van der Waals surface area contributed by atoms with E-state index in [9.17, 15) is 4.79 Å². The van der Waals surface area contributed by atoms with Crippen LogP contribution in [0.1, 0.15) is 18.4 Å². The quantitative estimate of drug-likeness (QED) is 0.544. The summed E-state index contributed by atoms with van der Waals surface area (Å²) in [4.78, 5) is 25.6. The maximum atomic E-state index is 12.3. The molecule has 3 N–H and O–H groups in total. The number of aromatic nitrogens is 5. The van der Waals surface area contributed by atoms with E-state index < -0.39 is 0 Å². The van der Waals surface area contributed by atoms with E-state index in [-0.39, 0.29) is 11.8 Å². The maximum absolute atomic E-state index is 12.3. The Morgan fingerprint density at radius 2 is 2.03 bits per heavy atom. The Kier molecular flexibility index (Phi) is 4.20. The molecule has 1 aliphatic rings. The van der Waals surface area contributed by atoms with Crippen molar-refractivity contribution in [1.82, 2.24) is 24.7 Å². The molecule has 0 atom stereocenters. The minimum atomic E-state index is 0.0350. The summed E-state index contributed by atoms with van der Waals surface area (Å²) >= 11 is 0. The lowest BCUT2D eigenvalue weighted by molar-refractivity contribution is -0.117. The van der Waals surface area contributed by atoms with Crippen molar-refractivity contribution in [3.05, 3.63) is 48.5 Å². The van der Waals surface area contributed by atoms with Gasteiger partial charge in [0.1, 0.15) is 11.5 Å².